The maximum atomic E-state index is 13.1. The summed E-state index contributed by atoms with van der Waals surface area (Å²) < 4.78 is 0. The Kier molecular flexibility index (Phi) is 1.47. The summed E-state index contributed by atoms with van der Waals surface area (Å²) in [4.78, 5) is 26.3. The molecular weight excluding hydrogens is 248 g/mol. The number of Topliss-reactive ketones (excluding diaryl/α,β-unsaturated/α-hetero) is 2. The molecule has 0 spiro atoms. The summed E-state index contributed by atoms with van der Waals surface area (Å²) >= 11 is 0. The molecule has 0 N–H and O–H groups in total. The summed E-state index contributed by atoms with van der Waals surface area (Å²) in [5.41, 5.74) is -0.373. The average molecular weight is 272 g/mol. The van der Waals surface area contributed by atoms with Gasteiger partial charge in [-0.15, -0.1) is 0 Å². The van der Waals surface area contributed by atoms with Gasteiger partial charge in [-0.2, -0.15) is 0 Å². The first-order chi connectivity index (χ1) is 9.05. The van der Waals surface area contributed by atoms with Crippen molar-refractivity contribution in [1.29, 1.82) is 0 Å². The average Bonchev–Trinajstić information content (AvgIpc) is 2.76. The van der Waals surface area contributed by atoms with E-state index in [-0.39, 0.29) is 33.5 Å². The van der Waals surface area contributed by atoms with Crippen LogP contribution in [0, 0.1) is 57.2 Å². The van der Waals surface area contributed by atoms with Crippen LogP contribution >= 0.6 is 0 Å². The molecule has 0 aromatic carbocycles. The highest BCUT2D eigenvalue weighted by Crippen LogP contribution is 2.91. The second-order valence-corrected chi connectivity index (χ2v) is 9.73. The van der Waals surface area contributed by atoms with Gasteiger partial charge in [-0.1, -0.05) is 41.5 Å². The van der Waals surface area contributed by atoms with Gasteiger partial charge in [-0.05, 0) is 34.5 Å². The van der Waals surface area contributed by atoms with Crippen LogP contribution in [-0.2, 0) is 9.59 Å². The zero-order valence-electron chi connectivity index (χ0n) is 13.3. The monoisotopic (exact) mass is 272 g/mol. The van der Waals surface area contributed by atoms with Gasteiger partial charge in [-0.25, -0.2) is 0 Å². The molecule has 108 valence electrons. The molecule has 0 aromatic heterocycles. The Morgan fingerprint density at radius 3 is 1.20 bits per heavy atom. The van der Waals surface area contributed by atoms with Crippen LogP contribution in [0.25, 0.3) is 0 Å². The minimum atomic E-state index is -0.247. The standard InChI is InChI=1S/C18H24O2/c1-15(2)11-9-7-8-10(17(15,5)13(7)19)12(11)16(3,4)18(9,6)14(8)20/h7-12H,1-6H3. The van der Waals surface area contributed by atoms with E-state index in [0.29, 0.717) is 35.2 Å². The molecule has 0 aliphatic heterocycles. The van der Waals surface area contributed by atoms with Gasteiger partial charge in [0.25, 0.3) is 0 Å². The molecule has 8 unspecified atom stereocenters. The minimum absolute atomic E-state index is 0.0606. The van der Waals surface area contributed by atoms with E-state index in [0.717, 1.165) is 0 Å². The van der Waals surface area contributed by atoms with Gasteiger partial charge in [0.1, 0.15) is 11.6 Å². The summed E-state index contributed by atoms with van der Waals surface area (Å²) in [6.07, 6.45) is 0. The molecule has 0 saturated heterocycles. The largest absolute Gasteiger partial charge is 0.299 e. The molecule has 2 heteroatoms. The third-order valence-electron chi connectivity index (χ3n) is 9.63. The molecular formula is C18H24O2. The van der Waals surface area contributed by atoms with E-state index in [1.54, 1.807) is 0 Å². The molecule has 5 aliphatic rings. The Balaban J connectivity index is 1.93. The van der Waals surface area contributed by atoms with Crippen molar-refractivity contribution >= 4 is 11.6 Å². The summed E-state index contributed by atoms with van der Waals surface area (Å²) in [5, 5.41) is 0. The fourth-order valence-corrected chi connectivity index (χ4v) is 8.43. The molecule has 5 fully saturated rings. The van der Waals surface area contributed by atoms with Crippen molar-refractivity contribution < 1.29 is 9.59 Å². The highest BCUT2D eigenvalue weighted by atomic mass is 16.1. The fourth-order valence-electron chi connectivity index (χ4n) is 8.43. The van der Waals surface area contributed by atoms with Gasteiger partial charge in [0.2, 0.25) is 0 Å². The zero-order chi connectivity index (χ0) is 14.6. The molecule has 0 radical (unpaired) electrons. The predicted octanol–water partition coefficient (Wildman–Crippen LogP) is 2.95. The highest BCUT2D eigenvalue weighted by molar-refractivity contribution is 6.06. The number of hydrogen-bond donors (Lipinski definition) is 0. The van der Waals surface area contributed by atoms with Crippen molar-refractivity contribution in [2.45, 2.75) is 41.5 Å². The maximum absolute atomic E-state index is 13.1. The lowest BCUT2D eigenvalue weighted by atomic mass is 9.50. The Morgan fingerprint density at radius 2 is 0.900 bits per heavy atom. The molecule has 2 nitrogen and oxygen atoms in total. The van der Waals surface area contributed by atoms with Crippen molar-refractivity contribution in [1.82, 2.24) is 0 Å². The lowest BCUT2D eigenvalue weighted by molar-refractivity contribution is -0.152. The Hall–Kier alpha value is -0.660. The lowest BCUT2D eigenvalue weighted by Crippen LogP contribution is -2.55. The van der Waals surface area contributed by atoms with Gasteiger partial charge in [0.05, 0.1) is 0 Å². The van der Waals surface area contributed by atoms with E-state index >= 15 is 0 Å². The Bertz CT molecular complexity index is 561. The van der Waals surface area contributed by atoms with E-state index in [1.807, 2.05) is 0 Å². The van der Waals surface area contributed by atoms with Crippen molar-refractivity contribution in [3.05, 3.63) is 0 Å². The molecule has 20 heavy (non-hydrogen) atoms. The second-order valence-electron chi connectivity index (χ2n) is 9.73. The van der Waals surface area contributed by atoms with Crippen molar-refractivity contribution in [2.75, 3.05) is 0 Å². The molecule has 6 bridgehead atoms. The first kappa shape index (κ1) is 11.9. The molecule has 5 saturated carbocycles. The number of hydrogen-bond acceptors (Lipinski definition) is 2. The fraction of sp³-hybridized carbons (Fsp3) is 0.889. The zero-order valence-corrected chi connectivity index (χ0v) is 13.3. The van der Waals surface area contributed by atoms with Gasteiger partial charge in [0.15, 0.2) is 0 Å². The van der Waals surface area contributed by atoms with Crippen molar-refractivity contribution in [2.24, 2.45) is 57.2 Å². The summed E-state index contributed by atoms with van der Waals surface area (Å²) in [6, 6.07) is 0. The Labute approximate surface area is 120 Å². The van der Waals surface area contributed by atoms with E-state index in [9.17, 15) is 9.59 Å². The van der Waals surface area contributed by atoms with Crippen molar-refractivity contribution in [3.63, 3.8) is 0 Å². The highest BCUT2D eigenvalue weighted by Gasteiger charge is 2.93. The smallest absolute Gasteiger partial charge is 0.143 e. The molecule has 0 heterocycles. The van der Waals surface area contributed by atoms with Gasteiger partial charge >= 0.3 is 0 Å². The normalized spacial score (nSPS) is 65.9. The van der Waals surface area contributed by atoms with Crippen LogP contribution in [0.3, 0.4) is 0 Å². The predicted molar refractivity (Wildman–Crippen MR) is 74.7 cm³/mol. The topological polar surface area (TPSA) is 34.1 Å². The molecule has 5 rings (SSSR count). The molecule has 8 atom stereocenters. The van der Waals surface area contributed by atoms with Crippen LogP contribution in [0.5, 0.6) is 0 Å². The summed E-state index contributed by atoms with van der Waals surface area (Å²) in [6.45, 7) is 13.6. The van der Waals surface area contributed by atoms with Crippen molar-refractivity contribution in [3.8, 4) is 0 Å². The molecule has 0 amide bonds. The first-order valence-corrected chi connectivity index (χ1v) is 8.14. The summed E-state index contributed by atoms with van der Waals surface area (Å²) in [7, 11) is 0. The Morgan fingerprint density at radius 1 is 0.600 bits per heavy atom. The van der Waals surface area contributed by atoms with Crippen LogP contribution < -0.4 is 0 Å². The van der Waals surface area contributed by atoms with Crippen LogP contribution in [0.4, 0.5) is 0 Å². The van der Waals surface area contributed by atoms with E-state index in [2.05, 4.69) is 41.5 Å². The van der Waals surface area contributed by atoms with Gasteiger partial charge in [-0.3, -0.25) is 9.59 Å². The number of ketones is 2. The van der Waals surface area contributed by atoms with Crippen LogP contribution in [-0.4, -0.2) is 11.6 Å². The van der Waals surface area contributed by atoms with E-state index < -0.39 is 0 Å². The third kappa shape index (κ3) is 0.636. The lowest BCUT2D eigenvalue weighted by Gasteiger charge is -2.52. The third-order valence-corrected chi connectivity index (χ3v) is 9.63. The van der Waals surface area contributed by atoms with E-state index in [4.69, 9.17) is 0 Å². The van der Waals surface area contributed by atoms with E-state index in [1.165, 1.54) is 0 Å². The van der Waals surface area contributed by atoms with Crippen LogP contribution in [0.2, 0.25) is 0 Å². The maximum Gasteiger partial charge on any atom is 0.143 e. The molecule has 5 aliphatic carbocycles. The number of carbonyl (C=O) groups excluding carboxylic acids is 2. The number of rotatable bonds is 0. The van der Waals surface area contributed by atoms with Gasteiger partial charge < -0.3 is 0 Å². The van der Waals surface area contributed by atoms with Crippen LogP contribution in [0.15, 0.2) is 0 Å². The summed E-state index contributed by atoms with van der Waals surface area (Å²) in [5.74, 6) is 2.81. The van der Waals surface area contributed by atoms with Crippen LogP contribution in [0.1, 0.15) is 41.5 Å². The second kappa shape index (κ2) is 2.46. The quantitative estimate of drug-likeness (QED) is 0.679. The molecule has 0 aromatic rings. The van der Waals surface area contributed by atoms with Gasteiger partial charge in [0, 0.05) is 22.7 Å². The number of carbonyl (C=O) groups is 2. The first-order valence-electron chi connectivity index (χ1n) is 8.14. The SMILES string of the molecule is CC1(C)C2C3C4C5C(=O)C(C)(C2C5C(=O)C41C)C3(C)C. The minimum Gasteiger partial charge on any atom is -0.299 e.